The van der Waals surface area contributed by atoms with E-state index in [1.54, 1.807) is 19.1 Å². The molecule has 6 nitrogen and oxygen atoms in total. The molecule has 0 bridgehead atoms. The standard InChI is InChI=1S/C16H22ClIN2O4/c1-12(17)15(21)19-6-8-23-10-11-24-9-7-20-16(22)13-2-4-14(18)5-3-13/h2-5,12H,6-11H2,1H3,(H,19,21)(H,20,22). The molecule has 2 amide bonds. The number of hydrogen-bond acceptors (Lipinski definition) is 4. The van der Waals surface area contributed by atoms with Gasteiger partial charge in [0.25, 0.3) is 5.91 Å². The monoisotopic (exact) mass is 468 g/mol. The summed E-state index contributed by atoms with van der Waals surface area (Å²) in [5.74, 6) is -0.323. The van der Waals surface area contributed by atoms with Crippen LogP contribution in [-0.4, -0.2) is 56.7 Å². The molecule has 0 fully saturated rings. The Morgan fingerprint density at radius 1 is 1.04 bits per heavy atom. The van der Waals surface area contributed by atoms with Gasteiger partial charge in [-0.2, -0.15) is 0 Å². The molecule has 0 saturated heterocycles. The van der Waals surface area contributed by atoms with Crippen molar-refractivity contribution in [3.8, 4) is 0 Å². The van der Waals surface area contributed by atoms with Crippen LogP contribution >= 0.6 is 34.2 Å². The summed E-state index contributed by atoms with van der Waals surface area (Å²) in [5.41, 5.74) is 0.632. The van der Waals surface area contributed by atoms with Crippen LogP contribution in [-0.2, 0) is 14.3 Å². The summed E-state index contributed by atoms with van der Waals surface area (Å²) in [6, 6.07) is 7.35. The van der Waals surface area contributed by atoms with Crippen LogP contribution in [0.15, 0.2) is 24.3 Å². The van der Waals surface area contributed by atoms with Gasteiger partial charge in [0.05, 0.1) is 26.4 Å². The topological polar surface area (TPSA) is 76.7 Å². The van der Waals surface area contributed by atoms with Gasteiger partial charge >= 0.3 is 0 Å². The molecule has 1 aromatic rings. The van der Waals surface area contributed by atoms with Gasteiger partial charge in [-0.3, -0.25) is 9.59 Å². The third kappa shape index (κ3) is 9.41. The van der Waals surface area contributed by atoms with Gasteiger partial charge in [-0.15, -0.1) is 11.6 Å². The molecular formula is C16H22ClIN2O4. The Morgan fingerprint density at radius 3 is 2.12 bits per heavy atom. The molecule has 0 aliphatic carbocycles. The van der Waals surface area contributed by atoms with Crippen LogP contribution in [0.3, 0.4) is 0 Å². The average molecular weight is 469 g/mol. The molecule has 1 atom stereocenters. The molecule has 134 valence electrons. The number of benzene rings is 1. The lowest BCUT2D eigenvalue weighted by atomic mass is 10.2. The minimum absolute atomic E-state index is 0.115. The molecule has 2 N–H and O–H groups in total. The van der Waals surface area contributed by atoms with Gasteiger partial charge in [-0.05, 0) is 53.8 Å². The fraction of sp³-hybridized carbons (Fsp3) is 0.500. The van der Waals surface area contributed by atoms with E-state index in [4.69, 9.17) is 21.1 Å². The van der Waals surface area contributed by atoms with Crippen LogP contribution in [0, 0.1) is 3.57 Å². The third-order valence-corrected chi connectivity index (χ3v) is 3.83. The molecule has 24 heavy (non-hydrogen) atoms. The maximum Gasteiger partial charge on any atom is 0.251 e. The van der Waals surface area contributed by atoms with Gasteiger partial charge in [0.15, 0.2) is 0 Å². The van der Waals surface area contributed by atoms with E-state index in [1.165, 1.54) is 0 Å². The van der Waals surface area contributed by atoms with Gasteiger partial charge < -0.3 is 20.1 Å². The Bertz CT molecular complexity index is 511. The van der Waals surface area contributed by atoms with E-state index in [0.29, 0.717) is 45.1 Å². The maximum atomic E-state index is 11.8. The highest BCUT2D eigenvalue weighted by Crippen LogP contribution is 2.06. The lowest BCUT2D eigenvalue weighted by Crippen LogP contribution is -2.32. The van der Waals surface area contributed by atoms with E-state index in [9.17, 15) is 9.59 Å². The highest BCUT2D eigenvalue weighted by Gasteiger charge is 2.07. The van der Waals surface area contributed by atoms with Crippen LogP contribution in [0.1, 0.15) is 17.3 Å². The van der Waals surface area contributed by atoms with E-state index in [0.717, 1.165) is 3.57 Å². The number of halogens is 2. The summed E-state index contributed by atoms with van der Waals surface area (Å²) < 4.78 is 11.7. The first-order valence-electron chi connectivity index (χ1n) is 7.61. The molecule has 0 saturated carbocycles. The molecule has 0 radical (unpaired) electrons. The minimum atomic E-state index is -0.539. The number of rotatable bonds is 11. The largest absolute Gasteiger partial charge is 0.377 e. The molecule has 1 unspecified atom stereocenters. The first-order chi connectivity index (χ1) is 11.5. The molecule has 0 heterocycles. The predicted octanol–water partition coefficient (Wildman–Crippen LogP) is 1.80. The van der Waals surface area contributed by atoms with Crippen LogP contribution in [0.4, 0.5) is 0 Å². The molecular weight excluding hydrogens is 447 g/mol. The van der Waals surface area contributed by atoms with Gasteiger partial charge in [0.2, 0.25) is 5.91 Å². The number of alkyl halides is 1. The van der Waals surface area contributed by atoms with Crippen LogP contribution in [0.2, 0.25) is 0 Å². The van der Waals surface area contributed by atoms with E-state index >= 15 is 0 Å². The van der Waals surface area contributed by atoms with Gasteiger partial charge in [0, 0.05) is 22.2 Å². The molecule has 0 aromatic heterocycles. The molecule has 0 spiro atoms. The Kier molecular flexibility index (Phi) is 11.0. The molecule has 1 aromatic carbocycles. The average Bonchev–Trinajstić information content (AvgIpc) is 2.56. The zero-order valence-corrected chi connectivity index (χ0v) is 16.4. The lowest BCUT2D eigenvalue weighted by molar-refractivity contribution is -0.120. The number of nitrogens with one attached hydrogen (secondary N) is 2. The lowest BCUT2D eigenvalue weighted by Gasteiger charge is -2.08. The Balaban J connectivity index is 1.94. The van der Waals surface area contributed by atoms with Crippen molar-refractivity contribution in [3.63, 3.8) is 0 Å². The van der Waals surface area contributed by atoms with Gasteiger partial charge in [-0.25, -0.2) is 0 Å². The zero-order chi connectivity index (χ0) is 17.8. The smallest absolute Gasteiger partial charge is 0.251 e. The normalized spacial score (nSPS) is 11.8. The fourth-order valence-corrected chi connectivity index (χ4v) is 2.09. The summed E-state index contributed by atoms with van der Waals surface area (Å²) in [4.78, 5) is 23.0. The number of ether oxygens (including phenoxy) is 2. The van der Waals surface area contributed by atoms with Crippen molar-refractivity contribution < 1.29 is 19.1 Å². The summed E-state index contributed by atoms with van der Waals surface area (Å²) in [7, 11) is 0. The first kappa shape index (κ1) is 21.1. The Morgan fingerprint density at radius 2 is 1.58 bits per heavy atom. The second-order valence-electron chi connectivity index (χ2n) is 4.89. The van der Waals surface area contributed by atoms with Crippen molar-refractivity contribution in [2.45, 2.75) is 12.3 Å². The quantitative estimate of drug-likeness (QED) is 0.295. The highest BCUT2D eigenvalue weighted by molar-refractivity contribution is 14.1. The Labute approximate surface area is 160 Å². The van der Waals surface area contributed by atoms with Crippen molar-refractivity contribution in [3.05, 3.63) is 33.4 Å². The van der Waals surface area contributed by atoms with Gasteiger partial charge in [0.1, 0.15) is 5.38 Å². The number of carbonyl (C=O) groups excluding carboxylic acids is 2. The predicted molar refractivity (Wildman–Crippen MR) is 101 cm³/mol. The van der Waals surface area contributed by atoms with Crippen molar-refractivity contribution >= 4 is 46.0 Å². The molecule has 0 aliphatic rings. The van der Waals surface area contributed by atoms with Crippen molar-refractivity contribution in [2.75, 3.05) is 39.5 Å². The minimum Gasteiger partial charge on any atom is -0.377 e. The highest BCUT2D eigenvalue weighted by atomic mass is 127. The second-order valence-corrected chi connectivity index (χ2v) is 6.79. The molecule has 1 rings (SSSR count). The van der Waals surface area contributed by atoms with E-state index in [-0.39, 0.29) is 11.8 Å². The van der Waals surface area contributed by atoms with E-state index < -0.39 is 5.38 Å². The second kappa shape index (κ2) is 12.5. The maximum absolute atomic E-state index is 11.8. The summed E-state index contributed by atoms with van der Waals surface area (Å²) in [6.45, 7) is 4.15. The van der Waals surface area contributed by atoms with Gasteiger partial charge in [-0.1, -0.05) is 0 Å². The van der Waals surface area contributed by atoms with Crippen LogP contribution in [0.25, 0.3) is 0 Å². The molecule has 0 aliphatic heterocycles. The van der Waals surface area contributed by atoms with Crippen LogP contribution < -0.4 is 10.6 Å². The van der Waals surface area contributed by atoms with Crippen molar-refractivity contribution in [2.24, 2.45) is 0 Å². The van der Waals surface area contributed by atoms with E-state index in [1.807, 2.05) is 12.1 Å². The number of amides is 2. The summed E-state index contributed by atoms with van der Waals surface area (Å²) >= 11 is 7.80. The fourth-order valence-electron chi connectivity index (χ4n) is 1.65. The Hall–Kier alpha value is -0.900. The van der Waals surface area contributed by atoms with Crippen LogP contribution in [0.5, 0.6) is 0 Å². The third-order valence-electron chi connectivity index (χ3n) is 2.92. The summed E-state index contributed by atoms with van der Waals surface area (Å²) in [6.07, 6.45) is 0. The SMILES string of the molecule is CC(Cl)C(=O)NCCOCCOCCNC(=O)c1ccc(I)cc1. The van der Waals surface area contributed by atoms with E-state index in [2.05, 4.69) is 33.2 Å². The first-order valence-corrected chi connectivity index (χ1v) is 9.13. The molecule has 8 heteroatoms. The number of hydrogen-bond donors (Lipinski definition) is 2. The number of carbonyl (C=O) groups is 2. The zero-order valence-electron chi connectivity index (χ0n) is 13.5. The summed E-state index contributed by atoms with van der Waals surface area (Å²) in [5, 5.41) is 4.89. The van der Waals surface area contributed by atoms with Crippen molar-refractivity contribution in [1.82, 2.24) is 10.6 Å². The van der Waals surface area contributed by atoms with Crippen molar-refractivity contribution in [1.29, 1.82) is 0 Å².